The minimum absolute atomic E-state index is 0.0161. The van der Waals surface area contributed by atoms with E-state index in [9.17, 15) is 9.59 Å². The Morgan fingerprint density at radius 2 is 1.89 bits per heavy atom. The number of ether oxygens (including phenoxy) is 1. The molecule has 5 nitrogen and oxygen atoms in total. The molecular weight excluding hydrogens is 419 g/mol. The number of thiazole rings is 1. The van der Waals surface area contributed by atoms with Crippen LogP contribution >= 0.6 is 34.5 Å². The highest BCUT2D eigenvalue weighted by Gasteiger charge is 2.14. The van der Waals surface area contributed by atoms with Gasteiger partial charge in [0.05, 0.1) is 22.7 Å². The number of hydrogen-bond donors (Lipinski definition) is 1. The largest absolute Gasteiger partial charge is 0.456 e. The molecule has 1 amide bonds. The van der Waals surface area contributed by atoms with Crippen LogP contribution in [0, 0.1) is 6.92 Å². The molecule has 1 N–H and O–H groups in total. The fraction of sp³-hybridized carbons (Fsp3) is 0.150. The average molecular weight is 435 g/mol. The molecule has 0 fully saturated rings. The van der Waals surface area contributed by atoms with Gasteiger partial charge in [-0.25, -0.2) is 9.78 Å². The number of anilines is 1. The summed E-state index contributed by atoms with van der Waals surface area (Å²) >= 11 is 13.2. The van der Waals surface area contributed by atoms with Gasteiger partial charge in [-0.05, 0) is 37.3 Å². The molecule has 8 heteroatoms. The van der Waals surface area contributed by atoms with Crippen LogP contribution in [0.5, 0.6) is 0 Å². The number of amides is 1. The number of hydrogen-bond acceptors (Lipinski definition) is 5. The summed E-state index contributed by atoms with van der Waals surface area (Å²) in [4.78, 5) is 28.6. The molecule has 1 heterocycles. The molecule has 0 saturated carbocycles. The summed E-state index contributed by atoms with van der Waals surface area (Å²) in [6, 6.07) is 12.1. The van der Waals surface area contributed by atoms with Crippen molar-refractivity contribution in [3.63, 3.8) is 0 Å². The minimum atomic E-state index is -0.584. The average Bonchev–Trinajstić information content (AvgIpc) is 3.11. The molecular formula is C20H16Cl2N2O3S. The van der Waals surface area contributed by atoms with Crippen molar-refractivity contribution in [1.82, 2.24) is 4.98 Å². The fourth-order valence-electron chi connectivity index (χ4n) is 2.35. The molecule has 2 aromatic carbocycles. The maximum atomic E-state index is 12.1. The zero-order chi connectivity index (χ0) is 20.1. The Hall–Kier alpha value is -2.41. The molecule has 0 aliphatic carbocycles. The SMILES string of the molecule is Cc1ccc(NC(=O)Cc2nc(COC(=O)c3cc(Cl)ccc3Cl)cs2)cc1. The van der Waals surface area contributed by atoms with E-state index in [1.807, 2.05) is 31.2 Å². The third-order valence-corrected chi connectivity index (χ3v) is 5.21. The Balaban J connectivity index is 1.53. The summed E-state index contributed by atoms with van der Waals surface area (Å²) in [5.74, 6) is -0.744. The van der Waals surface area contributed by atoms with Gasteiger partial charge in [-0.3, -0.25) is 4.79 Å². The zero-order valence-electron chi connectivity index (χ0n) is 14.9. The molecule has 0 unspecified atom stereocenters. The van der Waals surface area contributed by atoms with Crippen LogP contribution in [0.2, 0.25) is 10.0 Å². The number of esters is 1. The first-order valence-electron chi connectivity index (χ1n) is 8.32. The van der Waals surface area contributed by atoms with Crippen LogP contribution in [-0.2, 0) is 22.6 Å². The quantitative estimate of drug-likeness (QED) is 0.534. The van der Waals surface area contributed by atoms with Crippen LogP contribution in [0.3, 0.4) is 0 Å². The van der Waals surface area contributed by atoms with Crippen LogP contribution in [0.15, 0.2) is 47.8 Å². The van der Waals surface area contributed by atoms with Crippen molar-refractivity contribution in [1.29, 1.82) is 0 Å². The number of halogens is 2. The summed E-state index contributed by atoms with van der Waals surface area (Å²) in [6.45, 7) is 1.97. The molecule has 0 bridgehead atoms. The highest BCUT2D eigenvalue weighted by molar-refractivity contribution is 7.09. The number of nitrogens with zero attached hydrogens (tertiary/aromatic N) is 1. The highest BCUT2D eigenvalue weighted by atomic mass is 35.5. The lowest BCUT2D eigenvalue weighted by Gasteiger charge is -2.05. The molecule has 0 spiro atoms. The van der Waals surface area contributed by atoms with E-state index >= 15 is 0 Å². The number of nitrogens with one attached hydrogen (secondary N) is 1. The van der Waals surface area contributed by atoms with Crippen molar-refractivity contribution < 1.29 is 14.3 Å². The Morgan fingerprint density at radius 1 is 1.14 bits per heavy atom. The monoisotopic (exact) mass is 434 g/mol. The van der Waals surface area contributed by atoms with Gasteiger partial charge in [0, 0.05) is 16.1 Å². The van der Waals surface area contributed by atoms with Crippen molar-refractivity contribution in [3.05, 3.63) is 79.7 Å². The Bertz CT molecular complexity index is 1000. The second kappa shape index (κ2) is 9.19. The smallest absolute Gasteiger partial charge is 0.340 e. The summed E-state index contributed by atoms with van der Waals surface area (Å²) in [5.41, 5.74) is 2.62. The maximum absolute atomic E-state index is 12.1. The summed E-state index contributed by atoms with van der Waals surface area (Å²) in [7, 11) is 0. The molecule has 144 valence electrons. The van der Waals surface area contributed by atoms with E-state index in [2.05, 4.69) is 10.3 Å². The van der Waals surface area contributed by atoms with E-state index in [4.69, 9.17) is 27.9 Å². The lowest BCUT2D eigenvalue weighted by atomic mass is 10.2. The molecule has 0 saturated heterocycles. The molecule has 28 heavy (non-hydrogen) atoms. The van der Waals surface area contributed by atoms with Crippen molar-refractivity contribution in [2.45, 2.75) is 20.0 Å². The van der Waals surface area contributed by atoms with Gasteiger partial charge in [0.25, 0.3) is 0 Å². The van der Waals surface area contributed by atoms with E-state index in [0.717, 1.165) is 11.3 Å². The molecule has 0 atom stereocenters. The van der Waals surface area contributed by atoms with Gasteiger partial charge in [0.15, 0.2) is 0 Å². The van der Waals surface area contributed by atoms with Crippen molar-refractivity contribution >= 4 is 52.1 Å². The van der Waals surface area contributed by atoms with E-state index in [0.29, 0.717) is 15.7 Å². The van der Waals surface area contributed by atoms with Crippen LogP contribution in [-0.4, -0.2) is 16.9 Å². The minimum Gasteiger partial charge on any atom is -0.456 e. The van der Waals surface area contributed by atoms with Gasteiger partial charge in [0.1, 0.15) is 11.6 Å². The van der Waals surface area contributed by atoms with Gasteiger partial charge in [-0.15, -0.1) is 11.3 Å². The molecule has 3 aromatic rings. The number of aromatic nitrogens is 1. The van der Waals surface area contributed by atoms with Gasteiger partial charge in [0.2, 0.25) is 5.91 Å². The van der Waals surface area contributed by atoms with E-state index < -0.39 is 5.97 Å². The van der Waals surface area contributed by atoms with Crippen molar-refractivity contribution in [3.8, 4) is 0 Å². The molecule has 1 aromatic heterocycles. The van der Waals surface area contributed by atoms with Crippen molar-refractivity contribution in [2.24, 2.45) is 0 Å². The second-order valence-electron chi connectivity index (χ2n) is 6.02. The van der Waals surface area contributed by atoms with E-state index in [1.54, 1.807) is 11.4 Å². The second-order valence-corrected chi connectivity index (χ2v) is 7.81. The first kappa shape index (κ1) is 20.3. The van der Waals surface area contributed by atoms with Crippen LogP contribution < -0.4 is 5.32 Å². The summed E-state index contributed by atoms with van der Waals surface area (Å²) in [5, 5.41) is 5.87. The molecule has 3 rings (SSSR count). The normalized spacial score (nSPS) is 10.5. The lowest BCUT2D eigenvalue weighted by Crippen LogP contribution is -2.14. The zero-order valence-corrected chi connectivity index (χ0v) is 17.2. The van der Waals surface area contributed by atoms with Gasteiger partial charge in [-0.2, -0.15) is 0 Å². The van der Waals surface area contributed by atoms with E-state index in [1.165, 1.54) is 23.5 Å². The Labute approximate surface area is 176 Å². The maximum Gasteiger partial charge on any atom is 0.340 e. The number of carbonyl (C=O) groups is 2. The van der Waals surface area contributed by atoms with Crippen LogP contribution in [0.1, 0.15) is 26.6 Å². The summed E-state index contributed by atoms with van der Waals surface area (Å²) < 4.78 is 5.24. The number of rotatable bonds is 6. The van der Waals surface area contributed by atoms with Crippen molar-refractivity contribution in [2.75, 3.05) is 5.32 Å². The Morgan fingerprint density at radius 3 is 2.64 bits per heavy atom. The van der Waals surface area contributed by atoms with Crippen LogP contribution in [0.4, 0.5) is 5.69 Å². The first-order chi connectivity index (χ1) is 13.4. The Kier molecular flexibility index (Phi) is 6.67. The third-order valence-electron chi connectivity index (χ3n) is 3.75. The number of benzene rings is 2. The molecule has 0 radical (unpaired) electrons. The van der Waals surface area contributed by atoms with Gasteiger partial charge >= 0.3 is 5.97 Å². The predicted octanol–water partition coefficient (Wildman–Crippen LogP) is 5.30. The predicted molar refractivity (Wildman–Crippen MR) is 111 cm³/mol. The van der Waals surface area contributed by atoms with Crippen LogP contribution in [0.25, 0.3) is 0 Å². The van der Waals surface area contributed by atoms with Gasteiger partial charge in [-0.1, -0.05) is 40.9 Å². The van der Waals surface area contributed by atoms with Gasteiger partial charge < -0.3 is 10.1 Å². The fourth-order valence-corrected chi connectivity index (χ4v) is 3.49. The first-order valence-corrected chi connectivity index (χ1v) is 9.96. The van der Waals surface area contributed by atoms with E-state index in [-0.39, 0.29) is 29.5 Å². The molecule has 0 aliphatic rings. The highest BCUT2D eigenvalue weighted by Crippen LogP contribution is 2.22. The topological polar surface area (TPSA) is 68.3 Å². The molecule has 0 aliphatic heterocycles. The number of carbonyl (C=O) groups excluding carboxylic acids is 2. The third kappa shape index (κ3) is 5.55. The standard InChI is InChI=1S/C20H16Cl2N2O3S/c1-12-2-5-14(6-3-12)23-18(25)9-19-24-15(11-28-19)10-27-20(26)16-8-13(21)4-7-17(16)22/h2-8,11H,9-10H2,1H3,(H,23,25). The lowest BCUT2D eigenvalue weighted by molar-refractivity contribution is -0.115. The summed E-state index contributed by atoms with van der Waals surface area (Å²) in [6.07, 6.45) is 0.145. The number of aryl methyl sites for hydroxylation is 1.